The van der Waals surface area contributed by atoms with Crippen LogP contribution in [0, 0.1) is 13.8 Å². The van der Waals surface area contributed by atoms with Gasteiger partial charge in [0.25, 0.3) is 0 Å². The summed E-state index contributed by atoms with van der Waals surface area (Å²) in [6.07, 6.45) is 1.48. The molecule has 3 aromatic rings. The third-order valence-electron chi connectivity index (χ3n) is 6.13. The Morgan fingerprint density at radius 3 is 2.34 bits per heavy atom. The molecule has 0 atom stereocenters. The van der Waals surface area contributed by atoms with Gasteiger partial charge in [-0.25, -0.2) is 0 Å². The van der Waals surface area contributed by atoms with Crippen molar-refractivity contribution in [2.75, 3.05) is 32.7 Å². The van der Waals surface area contributed by atoms with E-state index >= 15 is 0 Å². The average Bonchev–Trinajstić information content (AvgIpc) is 3.15. The molecule has 4 rings (SSSR count). The van der Waals surface area contributed by atoms with E-state index in [9.17, 15) is 4.79 Å². The monoisotopic (exact) mass is 433 g/mol. The van der Waals surface area contributed by atoms with Gasteiger partial charge in [0, 0.05) is 32.7 Å². The van der Waals surface area contributed by atoms with E-state index in [4.69, 9.17) is 9.26 Å². The molecule has 1 aliphatic heterocycles. The van der Waals surface area contributed by atoms with Gasteiger partial charge in [-0.15, -0.1) is 0 Å². The fraction of sp³-hybridized carbons (Fsp3) is 0.385. The van der Waals surface area contributed by atoms with Crippen LogP contribution in [0.2, 0.25) is 0 Å². The zero-order chi connectivity index (χ0) is 22.3. The fourth-order valence-electron chi connectivity index (χ4n) is 4.01. The first-order valence-corrected chi connectivity index (χ1v) is 11.3. The molecule has 1 amide bonds. The van der Waals surface area contributed by atoms with Crippen molar-refractivity contribution in [3.63, 3.8) is 0 Å². The molecular formula is C26H31N3O3. The van der Waals surface area contributed by atoms with E-state index < -0.39 is 0 Å². The van der Waals surface area contributed by atoms with Gasteiger partial charge < -0.3 is 14.2 Å². The van der Waals surface area contributed by atoms with Crippen LogP contribution in [0.4, 0.5) is 0 Å². The molecule has 1 aromatic heterocycles. The summed E-state index contributed by atoms with van der Waals surface area (Å²) in [4.78, 5) is 17.2. The Bertz CT molecular complexity index is 987. The number of benzene rings is 2. The summed E-state index contributed by atoms with van der Waals surface area (Å²) in [5.74, 6) is 1.75. The molecular weight excluding hydrogens is 402 g/mol. The molecule has 2 aromatic carbocycles. The Hall–Kier alpha value is -3.12. The lowest BCUT2D eigenvalue weighted by Gasteiger charge is -2.34. The number of amides is 1. The summed E-state index contributed by atoms with van der Waals surface area (Å²) in [5.41, 5.74) is 4.20. The van der Waals surface area contributed by atoms with Crippen LogP contribution >= 0.6 is 0 Å². The van der Waals surface area contributed by atoms with Gasteiger partial charge in [0.2, 0.25) is 5.91 Å². The van der Waals surface area contributed by atoms with Crippen molar-refractivity contribution in [1.29, 1.82) is 0 Å². The van der Waals surface area contributed by atoms with Crippen molar-refractivity contribution in [3.05, 3.63) is 82.7 Å². The molecule has 0 spiro atoms. The molecule has 168 valence electrons. The minimum Gasteiger partial charge on any atom is -0.489 e. The van der Waals surface area contributed by atoms with Crippen molar-refractivity contribution in [2.45, 2.75) is 33.3 Å². The molecule has 0 radical (unpaired) electrons. The Balaban J connectivity index is 1.20. The van der Waals surface area contributed by atoms with Crippen LogP contribution in [0.3, 0.4) is 0 Å². The second kappa shape index (κ2) is 10.5. The van der Waals surface area contributed by atoms with Crippen LogP contribution in [0.1, 0.15) is 28.1 Å². The van der Waals surface area contributed by atoms with Gasteiger partial charge in [-0.1, -0.05) is 47.6 Å². The highest BCUT2D eigenvalue weighted by Gasteiger charge is 2.21. The summed E-state index contributed by atoms with van der Waals surface area (Å²) in [6, 6.07) is 18.3. The lowest BCUT2D eigenvalue weighted by Crippen LogP contribution is -2.49. The third kappa shape index (κ3) is 5.77. The molecule has 6 heteroatoms. The summed E-state index contributed by atoms with van der Waals surface area (Å²) < 4.78 is 11.0. The summed E-state index contributed by atoms with van der Waals surface area (Å²) in [5, 5.41) is 3.95. The second-order valence-corrected chi connectivity index (χ2v) is 8.37. The van der Waals surface area contributed by atoms with Gasteiger partial charge in [-0.2, -0.15) is 0 Å². The first-order chi connectivity index (χ1) is 15.6. The van der Waals surface area contributed by atoms with Crippen LogP contribution in [0.5, 0.6) is 5.75 Å². The van der Waals surface area contributed by atoms with Crippen LogP contribution in [-0.2, 0) is 24.2 Å². The number of hydrogen-bond acceptors (Lipinski definition) is 5. The number of carbonyl (C=O) groups is 1. The zero-order valence-electron chi connectivity index (χ0n) is 18.9. The minimum absolute atomic E-state index is 0.192. The smallest absolute Gasteiger partial charge is 0.227 e. The summed E-state index contributed by atoms with van der Waals surface area (Å²) in [7, 11) is 0. The maximum Gasteiger partial charge on any atom is 0.227 e. The van der Waals surface area contributed by atoms with Crippen LogP contribution in [-0.4, -0.2) is 53.6 Å². The van der Waals surface area contributed by atoms with E-state index in [1.807, 2.05) is 43.0 Å². The van der Waals surface area contributed by atoms with Gasteiger partial charge in [0.05, 0.1) is 17.7 Å². The van der Waals surface area contributed by atoms with E-state index in [-0.39, 0.29) is 5.91 Å². The molecule has 32 heavy (non-hydrogen) atoms. The molecule has 2 heterocycles. The molecule has 0 unspecified atom stereocenters. The standard InChI is InChI=1S/C26H31N3O3/c1-20-25(21(2)32-27-20)19-31-24-10-8-23(9-11-24)18-26(30)29-16-14-28(15-17-29)13-12-22-6-4-3-5-7-22/h3-11H,12-19H2,1-2H3. The third-order valence-corrected chi connectivity index (χ3v) is 6.13. The van der Waals surface area contributed by atoms with Crippen LogP contribution in [0.25, 0.3) is 0 Å². The first kappa shape index (κ1) is 22.1. The van der Waals surface area contributed by atoms with Crippen molar-refractivity contribution >= 4 is 5.91 Å². The van der Waals surface area contributed by atoms with Gasteiger partial charge >= 0.3 is 0 Å². The van der Waals surface area contributed by atoms with Crippen molar-refractivity contribution in [3.8, 4) is 5.75 Å². The Morgan fingerprint density at radius 2 is 1.69 bits per heavy atom. The van der Waals surface area contributed by atoms with Gasteiger partial charge in [0.15, 0.2) is 0 Å². The van der Waals surface area contributed by atoms with Crippen LogP contribution in [0.15, 0.2) is 59.1 Å². The highest BCUT2D eigenvalue weighted by molar-refractivity contribution is 5.79. The summed E-state index contributed by atoms with van der Waals surface area (Å²) in [6.45, 7) is 8.73. The molecule has 0 N–H and O–H groups in total. The molecule has 6 nitrogen and oxygen atoms in total. The maximum absolute atomic E-state index is 12.8. The van der Waals surface area contributed by atoms with E-state index in [1.54, 1.807) is 0 Å². The van der Waals surface area contributed by atoms with E-state index in [0.29, 0.717) is 13.0 Å². The maximum atomic E-state index is 12.8. The number of ether oxygens (including phenoxy) is 1. The lowest BCUT2D eigenvalue weighted by molar-refractivity contribution is -0.132. The van der Waals surface area contributed by atoms with Crippen molar-refractivity contribution < 1.29 is 14.1 Å². The molecule has 0 aliphatic carbocycles. The van der Waals surface area contributed by atoms with E-state index in [0.717, 1.165) is 67.5 Å². The van der Waals surface area contributed by atoms with Crippen molar-refractivity contribution in [2.24, 2.45) is 0 Å². The number of aromatic nitrogens is 1. The number of piperazine rings is 1. The average molecular weight is 434 g/mol. The minimum atomic E-state index is 0.192. The van der Waals surface area contributed by atoms with E-state index in [1.165, 1.54) is 5.56 Å². The number of aryl methyl sites for hydroxylation is 2. The number of hydrogen-bond donors (Lipinski definition) is 0. The molecule has 1 fully saturated rings. The van der Waals surface area contributed by atoms with E-state index in [2.05, 4.69) is 40.4 Å². The molecule has 0 saturated carbocycles. The molecule has 1 aliphatic rings. The van der Waals surface area contributed by atoms with Gasteiger partial charge in [-0.05, 0) is 43.5 Å². The lowest BCUT2D eigenvalue weighted by atomic mass is 10.1. The summed E-state index contributed by atoms with van der Waals surface area (Å²) >= 11 is 0. The van der Waals surface area contributed by atoms with Gasteiger partial charge in [-0.3, -0.25) is 9.69 Å². The zero-order valence-corrected chi connectivity index (χ0v) is 18.9. The SMILES string of the molecule is Cc1noc(C)c1COc1ccc(CC(=O)N2CCN(CCc3ccccc3)CC2)cc1. The van der Waals surface area contributed by atoms with Crippen LogP contribution < -0.4 is 4.74 Å². The number of rotatable bonds is 8. The van der Waals surface area contributed by atoms with Gasteiger partial charge in [0.1, 0.15) is 18.1 Å². The largest absolute Gasteiger partial charge is 0.489 e. The Labute approximate surface area is 189 Å². The highest BCUT2D eigenvalue weighted by atomic mass is 16.5. The normalized spacial score (nSPS) is 14.5. The molecule has 1 saturated heterocycles. The predicted molar refractivity (Wildman–Crippen MR) is 124 cm³/mol. The quantitative estimate of drug-likeness (QED) is 0.541. The highest BCUT2D eigenvalue weighted by Crippen LogP contribution is 2.18. The Morgan fingerprint density at radius 1 is 0.969 bits per heavy atom. The van der Waals surface area contributed by atoms with Crippen molar-refractivity contribution in [1.82, 2.24) is 15.0 Å². The number of nitrogens with zero attached hydrogens (tertiary/aromatic N) is 3. The Kier molecular flexibility index (Phi) is 7.22. The second-order valence-electron chi connectivity index (χ2n) is 8.37. The topological polar surface area (TPSA) is 58.8 Å². The first-order valence-electron chi connectivity index (χ1n) is 11.3. The molecule has 0 bridgehead atoms. The fourth-order valence-corrected chi connectivity index (χ4v) is 4.01. The number of carbonyl (C=O) groups excluding carboxylic acids is 1. The predicted octanol–water partition coefficient (Wildman–Crippen LogP) is 3.80.